The van der Waals surface area contributed by atoms with E-state index in [0.717, 1.165) is 21.2 Å². The lowest BCUT2D eigenvalue weighted by molar-refractivity contribution is -0.143. The molecule has 1 aliphatic heterocycles. The van der Waals surface area contributed by atoms with E-state index >= 15 is 0 Å². The van der Waals surface area contributed by atoms with E-state index in [1.165, 1.54) is 4.31 Å². The predicted molar refractivity (Wildman–Crippen MR) is 139 cm³/mol. The van der Waals surface area contributed by atoms with Crippen LogP contribution in [0.3, 0.4) is 0 Å². The highest BCUT2D eigenvalue weighted by molar-refractivity contribution is 9.10. The molecule has 0 aliphatic carbocycles. The average molecular weight is 561 g/mol. The number of carboxylic acid groups (broad SMARTS) is 1. The van der Waals surface area contributed by atoms with Crippen LogP contribution >= 0.6 is 27.7 Å². The van der Waals surface area contributed by atoms with Gasteiger partial charge in [-0.05, 0) is 48.7 Å². The van der Waals surface area contributed by atoms with E-state index in [1.54, 1.807) is 36.0 Å². The van der Waals surface area contributed by atoms with Gasteiger partial charge in [0.05, 0.1) is 16.9 Å². The Labute approximate surface area is 213 Å². The van der Waals surface area contributed by atoms with Crippen LogP contribution in [0.25, 0.3) is 0 Å². The molecular weight excluding hydrogens is 534 g/mol. The molecule has 0 saturated carbocycles. The third-order valence-corrected chi connectivity index (χ3v) is 10.0. The van der Waals surface area contributed by atoms with Gasteiger partial charge < -0.3 is 5.11 Å². The molecule has 1 saturated heterocycles. The molecule has 3 atom stereocenters. The van der Waals surface area contributed by atoms with E-state index in [2.05, 4.69) is 15.9 Å². The number of hydrogen-bond acceptors (Lipinski definition) is 4. The number of sulfonamides is 1. The molecule has 1 aliphatic rings. The Kier molecular flexibility index (Phi) is 7.82. The summed E-state index contributed by atoms with van der Waals surface area (Å²) in [4.78, 5) is 12.5. The van der Waals surface area contributed by atoms with Crippen LogP contribution in [0.15, 0.2) is 88.2 Å². The molecular formula is C26H26BrNO4S2. The summed E-state index contributed by atoms with van der Waals surface area (Å²) < 4.78 is 29.7. The third kappa shape index (κ3) is 5.57. The zero-order valence-electron chi connectivity index (χ0n) is 18.7. The van der Waals surface area contributed by atoms with E-state index in [9.17, 15) is 18.3 Å². The van der Waals surface area contributed by atoms with Gasteiger partial charge in [0.2, 0.25) is 10.0 Å². The second-order valence-electron chi connectivity index (χ2n) is 8.47. The van der Waals surface area contributed by atoms with E-state index in [4.69, 9.17) is 0 Å². The summed E-state index contributed by atoms with van der Waals surface area (Å²) in [6.45, 7) is 1.83. The van der Waals surface area contributed by atoms with Gasteiger partial charge in [0.15, 0.2) is 0 Å². The number of nitrogens with zero attached hydrogens (tertiary/aromatic N) is 1. The monoisotopic (exact) mass is 559 g/mol. The van der Waals surface area contributed by atoms with E-state index in [1.807, 2.05) is 61.5 Å². The Morgan fingerprint density at radius 2 is 1.68 bits per heavy atom. The van der Waals surface area contributed by atoms with Crippen molar-refractivity contribution < 1.29 is 18.3 Å². The van der Waals surface area contributed by atoms with Crippen LogP contribution in [0, 0.1) is 12.8 Å². The van der Waals surface area contributed by atoms with E-state index < -0.39 is 28.0 Å². The minimum absolute atomic E-state index is 0.0707. The first-order valence-electron chi connectivity index (χ1n) is 11.0. The molecule has 0 bridgehead atoms. The molecule has 178 valence electrons. The molecule has 0 spiro atoms. The first kappa shape index (κ1) is 25.0. The number of benzene rings is 3. The average Bonchev–Trinajstić information content (AvgIpc) is 2.83. The first-order chi connectivity index (χ1) is 16.3. The number of aryl methyl sites for hydroxylation is 1. The first-order valence-corrected chi connectivity index (χ1v) is 14.3. The molecule has 5 nitrogen and oxygen atoms in total. The Bertz CT molecular complexity index is 1230. The van der Waals surface area contributed by atoms with Gasteiger partial charge in [-0.3, -0.25) is 4.79 Å². The van der Waals surface area contributed by atoms with Crippen LogP contribution in [0.1, 0.15) is 29.2 Å². The standard InChI is InChI=1S/C26H26BrNO4S2/c1-18-7-13-22(14-8-18)34(31,32)28-16-23(26(29)30)25(33-17-19-5-3-2-4-6-19)15-24(28)20-9-11-21(27)12-10-20/h2-14,23-25H,15-17H2,1H3,(H,29,30)/t23-,24+,25-/m1/s1. The summed E-state index contributed by atoms with van der Waals surface area (Å²) in [6.07, 6.45) is 0.418. The van der Waals surface area contributed by atoms with Gasteiger partial charge in [-0.1, -0.05) is 76.1 Å². The van der Waals surface area contributed by atoms with Gasteiger partial charge in [0.1, 0.15) is 0 Å². The molecule has 0 radical (unpaired) electrons. The highest BCUT2D eigenvalue weighted by Crippen LogP contribution is 2.43. The second-order valence-corrected chi connectivity index (χ2v) is 12.5. The number of aliphatic carboxylic acids is 1. The molecule has 4 rings (SSSR count). The summed E-state index contributed by atoms with van der Waals surface area (Å²) >= 11 is 5.03. The highest BCUT2D eigenvalue weighted by atomic mass is 79.9. The Balaban J connectivity index is 1.70. The maximum Gasteiger partial charge on any atom is 0.308 e. The number of thioether (sulfide) groups is 1. The fraction of sp³-hybridized carbons (Fsp3) is 0.269. The summed E-state index contributed by atoms with van der Waals surface area (Å²) in [5, 5.41) is 9.82. The Hall–Kier alpha value is -2.13. The van der Waals surface area contributed by atoms with Crippen molar-refractivity contribution in [3.63, 3.8) is 0 Å². The van der Waals surface area contributed by atoms with Crippen molar-refractivity contribution in [1.82, 2.24) is 4.31 Å². The minimum atomic E-state index is -3.89. The van der Waals surface area contributed by atoms with Crippen molar-refractivity contribution in [2.75, 3.05) is 6.54 Å². The SMILES string of the molecule is Cc1ccc(S(=O)(=O)N2C[C@@H](C(=O)O)[C@H](SCc3ccccc3)C[C@H]2c2ccc(Br)cc2)cc1. The molecule has 1 heterocycles. The lowest BCUT2D eigenvalue weighted by Crippen LogP contribution is -2.49. The van der Waals surface area contributed by atoms with Crippen LogP contribution < -0.4 is 0 Å². The van der Waals surface area contributed by atoms with Gasteiger partial charge in [-0.15, -0.1) is 0 Å². The fourth-order valence-electron chi connectivity index (χ4n) is 4.24. The molecule has 34 heavy (non-hydrogen) atoms. The number of piperidine rings is 1. The van der Waals surface area contributed by atoms with E-state index in [-0.39, 0.29) is 16.7 Å². The zero-order valence-corrected chi connectivity index (χ0v) is 21.9. The van der Waals surface area contributed by atoms with Crippen molar-refractivity contribution in [1.29, 1.82) is 0 Å². The van der Waals surface area contributed by atoms with Crippen LogP contribution in [-0.2, 0) is 20.6 Å². The summed E-state index contributed by atoms with van der Waals surface area (Å²) in [5.41, 5.74) is 2.93. The van der Waals surface area contributed by atoms with Gasteiger partial charge in [0, 0.05) is 22.0 Å². The zero-order chi connectivity index (χ0) is 24.3. The van der Waals surface area contributed by atoms with Crippen LogP contribution in [0.2, 0.25) is 0 Å². The third-order valence-electron chi connectivity index (χ3n) is 6.14. The molecule has 0 amide bonds. The van der Waals surface area contributed by atoms with Gasteiger partial charge in [0.25, 0.3) is 0 Å². The van der Waals surface area contributed by atoms with Crippen molar-refractivity contribution in [2.24, 2.45) is 5.92 Å². The molecule has 0 aromatic heterocycles. The summed E-state index contributed by atoms with van der Waals surface area (Å²) in [5.74, 6) is -1.10. The molecule has 3 aromatic rings. The molecule has 1 N–H and O–H groups in total. The smallest absolute Gasteiger partial charge is 0.308 e. The maximum absolute atomic E-state index is 13.7. The normalized spacial score (nSPS) is 21.3. The lowest BCUT2D eigenvalue weighted by Gasteiger charge is -2.41. The largest absolute Gasteiger partial charge is 0.481 e. The van der Waals surface area contributed by atoms with Crippen LogP contribution in [0.4, 0.5) is 0 Å². The van der Waals surface area contributed by atoms with Crippen LogP contribution in [-0.4, -0.2) is 35.6 Å². The van der Waals surface area contributed by atoms with Crippen molar-refractivity contribution in [2.45, 2.75) is 35.3 Å². The number of carbonyl (C=O) groups is 1. The lowest BCUT2D eigenvalue weighted by atomic mass is 9.90. The van der Waals surface area contributed by atoms with Gasteiger partial charge >= 0.3 is 5.97 Å². The van der Waals surface area contributed by atoms with Gasteiger partial charge in [-0.2, -0.15) is 16.1 Å². The quantitative estimate of drug-likeness (QED) is 0.390. The fourth-order valence-corrected chi connectivity index (χ4v) is 7.50. The summed E-state index contributed by atoms with van der Waals surface area (Å²) in [6, 6.07) is 23.8. The molecule has 1 fully saturated rings. The maximum atomic E-state index is 13.7. The minimum Gasteiger partial charge on any atom is -0.481 e. The topological polar surface area (TPSA) is 74.7 Å². The predicted octanol–water partition coefficient (Wildman–Crippen LogP) is 5.90. The van der Waals surface area contributed by atoms with Crippen molar-refractivity contribution >= 4 is 43.7 Å². The highest BCUT2D eigenvalue weighted by Gasteiger charge is 2.45. The number of hydrogen-bond donors (Lipinski definition) is 1. The number of carboxylic acids is 1. The summed E-state index contributed by atoms with van der Waals surface area (Å²) in [7, 11) is -3.89. The Morgan fingerprint density at radius 1 is 1.03 bits per heavy atom. The second kappa shape index (κ2) is 10.6. The van der Waals surface area contributed by atoms with Crippen molar-refractivity contribution in [3.8, 4) is 0 Å². The molecule has 8 heteroatoms. The number of halogens is 1. The number of rotatable bonds is 7. The van der Waals surface area contributed by atoms with Gasteiger partial charge in [-0.25, -0.2) is 8.42 Å². The molecule has 0 unspecified atom stereocenters. The molecule has 3 aromatic carbocycles. The van der Waals surface area contributed by atoms with Crippen LogP contribution in [0.5, 0.6) is 0 Å². The van der Waals surface area contributed by atoms with Crippen molar-refractivity contribution in [3.05, 3.63) is 100 Å². The Morgan fingerprint density at radius 3 is 2.29 bits per heavy atom. The van der Waals surface area contributed by atoms with E-state index in [0.29, 0.717) is 12.2 Å².